The average molecular weight is 367 g/mol. The molecule has 0 saturated heterocycles. The van der Waals surface area contributed by atoms with Gasteiger partial charge in [-0.05, 0) is 54.5 Å². The topological polar surface area (TPSA) is 75.3 Å². The van der Waals surface area contributed by atoms with Crippen molar-refractivity contribution in [3.05, 3.63) is 46.8 Å². The van der Waals surface area contributed by atoms with Gasteiger partial charge in [0.2, 0.25) is 5.91 Å². The molecule has 0 aliphatic heterocycles. The highest BCUT2D eigenvalue weighted by Gasteiger charge is 2.29. The standard InChI is InChI=1S/C17H22N2O3S2/c1-11(2)16(19-24(21,22)15-6-5-7-23-15)17(20)18-14-9-12(3)8-13(4)10-14/h5-11,16,19H,1-4H3,(H,18,20). The van der Waals surface area contributed by atoms with Gasteiger partial charge in [-0.1, -0.05) is 26.0 Å². The van der Waals surface area contributed by atoms with Gasteiger partial charge in [0.25, 0.3) is 10.0 Å². The number of amides is 1. The van der Waals surface area contributed by atoms with E-state index in [0.717, 1.165) is 22.5 Å². The predicted molar refractivity (Wildman–Crippen MR) is 97.8 cm³/mol. The van der Waals surface area contributed by atoms with Gasteiger partial charge < -0.3 is 5.32 Å². The zero-order valence-electron chi connectivity index (χ0n) is 14.2. The highest BCUT2D eigenvalue weighted by molar-refractivity contribution is 7.91. The van der Waals surface area contributed by atoms with Crippen molar-refractivity contribution in [3.8, 4) is 0 Å². The number of sulfonamides is 1. The summed E-state index contributed by atoms with van der Waals surface area (Å²) < 4.78 is 27.5. The number of carbonyl (C=O) groups excluding carboxylic acids is 1. The Labute approximate surface area is 147 Å². The van der Waals surface area contributed by atoms with Crippen LogP contribution in [0.25, 0.3) is 0 Å². The number of benzene rings is 1. The molecule has 0 spiro atoms. The van der Waals surface area contributed by atoms with Crippen molar-refractivity contribution in [1.82, 2.24) is 4.72 Å². The zero-order chi connectivity index (χ0) is 17.9. The molecule has 0 fully saturated rings. The molecule has 0 bridgehead atoms. The van der Waals surface area contributed by atoms with Gasteiger partial charge in [0.1, 0.15) is 10.3 Å². The maximum atomic E-state index is 12.6. The lowest BCUT2D eigenvalue weighted by Crippen LogP contribution is -2.46. The first-order chi connectivity index (χ1) is 11.2. The van der Waals surface area contributed by atoms with Crippen molar-refractivity contribution in [3.63, 3.8) is 0 Å². The Kier molecular flexibility index (Phi) is 5.79. The lowest BCUT2D eigenvalue weighted by Gasteiger charge is -2.21. The Morgan fingerprint density at radius 1 is 1.12 bits per heavy atom. The molecule has 0 aliphatic rings. The summed E-state index contributed by atoms with van der Waals surface area (Å²) in [6, 6.07) is 8.06. The molecule has 1 atom stereocenters. The van der Waals surface area contributed by atoms with Crippen LogP contribution in [0.3, 0.4) is 0 Å². The van der Waals surface area contributed by atoms with Crippen LogP contribution in [0, 0.1) is 19.8 Å². The number of aryl methyl sites for hydroxylation is 2. The van der Waals surface area contributed by atoms with Gasteiger partial charge in [-0.15, -0.1) is 11.3 Å². The first-order valence-electron chi connectivity index (χ1n) is 7.64. The molecule has 1 aromatic carbocycles. The lowest BCUT2D eigenvalue weighted by atomic mass is 10.0. The smallest absolute Gasteiger partial charge is 0.250 e. The van der Waals surface area contributed by atoms with Crippen LogP contribution < -0.4 is 10.0 Å². The molecule has 1 heterocycles. The summed E-state index contributed by atoms with van der Waals surface area (Å²) in [5.74, 6) is -0.555. The quantitative estimate of drug-likeness (QED) is 0.823. The molecule has 130 valence electrons. The van der Waals surface area contributed by atoms with Crippen molar-refractivity contribution in [1.29, 1.82) is 0 Å². The van der Waals surface area contributed by atoms with Crippen LogP contribution in [0.15, 0.2) is 39.9 Å². The number of thiophene rings is 1. The average Bonchev–Trinajstić information content (AvgIpc) is 2.98. The summed E-state index contributed by atoms with van der Waals surface area (Å²) in [5.41, 5.74) is 2.73. The van der Waals surface area contributed by atoms with Crippen molar-refractivity contribution in [2.24, 2.45) is 5.92 Å². The van der Waals surface area contributed by atoms with E-state index >= 15 is 0 Å². The second kappa shape index (κ2) is 7.46. The normalized spacial score (nSPS) is 13.0. The number of rotatable bonds is 6. The minimum Gasteiger partial charge on any atom is -0.325 e. The summed E-state index contributed by atoms with van der Waals surface area (Å²) >= 11 is 1.12. The molecule has 1 unspecified atom stereocenters. The highest BCUT2D eigenvalue weighted by Crippen LogP contribution is 2.19. The predicted octanol–water partition coefficient (Wildman–Crippen LogP) is 3.31. The Hall–Kier alpha value is -1.70. The Balaban J connectivity index is 2.19. The van der Waals surface area contributed by atoms with E-state index < -0.39 is 16.1 Å². The lowest BCUT2D eigenvalue weighted by molar-refractivity contribution is -0.118. The van der Waals surface area contributed by atoms with Gasteiger partial charge in [-0.2, -0.15) is 4.72 Å². The summed E-state index contributed by atoms with van der Waals surface area (Å²) in [5, 5.41) is 4.50. The SMILES string of the molecule is Cc1cc(C)cc(NC(=O)C(NS(=O)(=O)c2cccs2)C(C)C)c1. The van der Waals surface area contributed by atoms with E-state index in [1.54, 1.807) is 11.4 Å². The fourth-order valence-corrected chi connectivity index (χ4v) is 4.75. The zero-order valence-corrected chi connectivity index (χ0v) is 15.8. The molecule has 1 aromatic heterocycles. The molecule has 5 nitrogen and oxygen atoms in total. The summed E-state index contributed by atoms with van der Waals surface area (Å²) in [4.78, 5) is 12.6. The minimum atomic E-state index is -3.71. The van der Waals surface area contributed by atoms with Crippen molar-refractivity contribution in [2.75, 3.05) is 5.32 Å². The van der Waals surface area contributed by atoms with E-state index in [1.165, 1.54) is 6.07 Å². The van der Waals surface area contributed by atoms with Crippen molar-refractivity contribution in [2.45, 2.75) is 37.9 Å². The van der Waals surface area contributed by atoms with Gasteiger partial charge in [0, 0.05) is 5.69 Å². The van der Waals surface area contributed by atoms with Crippen LogP contribution >= 0.6 is 11.3 Å². The third kappa shape index (κ3) is 4.66. The largest absolute Gasteiger partial charge is 0.325 e. The molecule has 0 aliphatic carbocycles. The fourth-order valence-electron chi connectivity index (χ4n) is 2.40. The van der Waals surface area contributed by atoms with E-state index in [2.05, 4.69) is 10.0 Å². The first kappa shape index (κ1) is 18.6. The molecule has 0 saturated carbocycles. The van der Waals surface area contributed by atoms with Crippen molar-refractivity contribution < 1.29 is 13.2 Å². The first-order valence-corrected chi connectivity index (χ1v) is 10.0. The summed E-state index contributed by atoms with van der Waals surface area (Å²) in [7, 11) is -3.71. The maximum absolute atomic E-state index is 12.6. The van der Waals surface area contributed by atoms with Gasteiger partial charge in [-0.25, -0.2) is 8.42 Å². The van der Waals surface area contributed by atoms with Crippen LogP contribution in [0.1, 0.15) is 25.0 Å². The van der Waals surface area contributed by atoms with Crippen LogP contribution in [-0.2, 0) is 14.8 Å². The molecule has 2 rings (SSSR count). The molecule has 24 heavy (non-hydrogen) atoms. The number of anilines is 1. The van der Waals surface area contributed by atoms with Crippen LogP contribution in [0.2, 0.25) is 0 Å². The number of nitrogens with one attached hydrogen (secondary N) is 2. The van der Waals surface area contributed by atoms with Gasteiger partial charge in [0.05, 0.1) is 0 Å². The molecule has 1 amide bonds. The number of hydrogen-bond donors (Lipinski definition) is 2. The maximum Gasteiger partial charge on any atom is 0.250 e. The van der Waals surface area contributed by atoms with Crippen LogP contribution in [0.5, 0.6) is 0 Å². The van der Waals surface area contributed by atoms with Crippen LogP contribution in [0.4, 0.5) is 5.69 Å². The van der Waals surface area contributed by atoms with Crippen LogP contribution in [-0.4, -0.2) is 20.4 Å². The monoisotopic (exact) mass is 366 g/mol. The van der Waals surface area contributed by atoms with Gasteiger partial charge >= 0.3 is 0 Å². The second-order valence-electron chi connectivity index (χ2n) is 6.14. The van der Waals surface area contributed by atoms with E-state index in [-0.39, 0.29) is 16.0 Å². The summed E-state index contributed by atoms with van der Waals surface area (Å²) in [6.07, 6.45) is 0. The molecular formula is C17H22N2O3S2. The van der Waals surface area contributed by atoms with E-state index in [0.29, 0.717) is 5.69 Å². The molecular weight excluding hydrogens is 344 g/mol. The third-order valence-electron chi connectivity index (χ3n) is 3.48. The Morgan fingerprint density at radius 2 is 1.75 bits per heavy atom. The third-order valence-corrected chi connectivity index (χ3v) is 6.32. The van der Waals surface area contributed by atoms with Crippen molar-refractivity contribution >= 4 is 33.0 Å². The minimum absolute atomic E-state index is 0.189. The van der Waals surface area contributed by atoms with E-state index in [4.69, 9.17) is 0 Å². The number of hydrogen-bond acceptors (Lipinski definition) is 4. The van der Waals surface area contributed by atoms with Gasteiger partial charge in [0.15, 0.2) is 0 Å². The molecule has 0 radical (unpaired) electrons. The Morgan fingerprint density at radius 3 is 2.25 bits per heavy atom. The molecule has 7 heteroatoms. The highest BCUT2D eigenvalue weighted by atomic mass is 32.2. The number of carbonyl (C=O) groups is 1. The second-order valence-corrected chi connectivity index (χ2v) is 9.03. The fraction of sp³-hybridized carbons (Fsp3) is 0.353. The summed E-state index contributed by atoms with van der Waals surface area (Å²) in [6.45, 7) is 7.51. The molecule has 2 N–H and O–H groups in total. The Bertz CT molecular complexity index is 792. The van der Waals surface area contributed by atoms with E-state index in [1.807, 2.05) is 45.9 Å². The van der Waals surface area contributed by atoms with E-state index in [9.17, 15) is 13.2 Å². The molecule has 2 aromatic rings. The van der Waals surface area contributed by atoms with Gasteiger partial charge in [-0.3, -0.25) is 4.79 Å².